The van der Waals surface area contributed by atoms with E-state index in [0.717, 1.165) is 0 Å². The molecule has 2 rings (SSSR count). The van der Waals surface area contributed by atoms with Crippen LogP contribution in [0.25, 0.3) is 0 Å². The topological polar surface area (TPSA) is 86.2 Å². The minimum atomic E-state index is -1.07. The summed E-state index contributed by atoms with van der Waals surface area (Å²) in [4.78, 5) is 23.9. The number of primary amides is 2. The van der Waals surface area contributed by atoms with Crippen LogP contribution in [0.15, 0.2) is 48.6 Å². The number of carbonyl (C=O) groups is 2. The molecular formula is C14H16N2O2. The van der Waals surface area contributed by atoms with Crippen LogP contribution in [0, 0.1) is 10.8 Å². The van der Waals surface area contributed by atoms with Gasteiger partial charge >= 0.3 is 0 Å². The Bertz CT molecular complexity index is 456. The molecule has 0 aromatic carbocycles. The Morgan fingerprint density at radius 3 is 1.39 bits per heavy atom. The second kappa shape index (κ2) is 4.29. The van der Waals surface area contributed by atoms with E-state index in [9.17, 15) is 9.59 Å². The Balaban J connectivity index is 2.59. The van der Waals surface area contributed by atoms with Gasteiger partial charge in [-0.15, -0.1) is 0 Å². The van der Waals surface area contributed by atoms with Gasteiger partial charge in [0.25, 0.3) is 0 Å². The Morgan fingerprint density at radius 1 is 0.778 bits per heavy atom. The molecule has 18 heavy (non-hydrogen) atoms. The molecule has 2 atom stereocenters. The van der Waals surface area contributed by atoms with Crippen LogP contribution in [-0.2, 0) is 9.59 Å². The Hall–Kier alpha value is -2.10. The average molecular weight is 244 g/mol. The highest BCUT2D eigenvalue weighted by Gasteiger charge is 2.55. The lowest BCUT2D eigenvalue weighted by Gasteiger charge is -2.44. The fraction of sp³-hybridized carbons (Fsp3) is 0.286. The van der Waals surface area contributed by atoms with Crippen LogP contribution >= 0.6 is 0 Å². The molecule has 4 heteroatoms. The smallest absolute Gasteiger partial charge is 0.229 e. The molecule has 0 fully saturated rings. The van der Waals surface area contributed by atoms with E-state index >= 15 is 0 Å². The summed E-state index contributed by atoms with van der Waals surface area (Å²) in [6, 6.07) is 0. The van der Waals surface area contributed by atoms with Crippen LogP contribution < -0.4 is 11.5 Å². The normalized spacial score (nSPS) is 33.6. The second-order valence-corrected chi connectivity index (χ2v) is 4.65. The van der Waals surface area contributed by atoms with Gasteiger partial charge in [0.15, 0.2) is 0 Å². The highest BCUT2D eigenvalue weighted by atomic mass is 16.2. The molecule has 0 aromatic rings. The minimum Gasteiger partial charge on any atom is -0.369 e. The van der Waals surface area contributed by atoms with Gasteiger partial charge < -0.3 is 11.5 Å². The van der Waals surface area contributed by atoms with Crippen LogP contribution in [0.5, 0.6) is 0 Å². The molecule has 2 amide bonds. The van der Waals surface area contributed by atoms with Crippen molar-refractivity contribution < 1.29 is 9.59 Å². The average Bonchev–Trinajstić information content (AvgIpc) is 2.40. The molecule has 0 spiro atoms. The third-order valence-corrected chi connectivity index (χ3v) is 3.81. The zero-order valence-corrected chi connectivity index (χ0v) is 10.0. The largest absolute Gasteiger partial charge is 0.369 e. The van der Waals surface area contributed by atoms with Crippen LogP contribution in [0.3, 0.4) is 0 Å². The van der Waals surface area contributed by atoms with Crippen LogP contribution in [0.2, 0.25) is 0 Å². The highest BCUT2D eigenvalue weighted by Crippen LogP contribution is 2.50. The summed E-state index contributed by atoms with van der Waals surface area (Å²) in [7, 11) is 0. The van der Waals surface area contributed by atoms with Gasteiger partial charge in [-0.1, -0.05) is 48.6 Å². The third kappa shape index (κ3) is 1.53. The highest BCUT2D eigenvalue weighted by molar-refractivity contribution is 5.95. The molecule has 0 radical (unpaired) electrons. The van der Waals surface area contributed by atoms with Crippen molar-refractivity contribution in [3.63, 3.8) is 0 Å². The number of amides is 2. The van der Waals surface area contributed by atoms with E-state index in [4.69, 9.17) is 11.5 Å². The molecule has 94 valence electrons. The third-order valence-electron chi connectivity index (χ3n) is 3.81. The van der Waals surface area contributed by atoms with Gasteiger partial charge in [0.05, 0.1) is 10.8 Å². The quantitative estimate of drug-likeness (QED) is 0.774. The van der Waals surface area contributed by atoms with Crippen molar-refractivity contribution in [2.45, 2.75) is 12.8 Å². The Labute approximate surface area is 106 Å². The lowest BCUT2D eigenvalue weighted by molar-refractivity contribution is -0.141. The Morgan fingerprint density at radius 2 is 1.17 bits per heavy atom. The zero-order valence-electron chi connectivity index (χ0n) is 10.0. The Kier molecular flexibility index (Phi) is 2.95. The van der Waals surface area contributed by atoms with Gasteiger partial charge in [-0.2, -0.15) is 0 Å². The van der Waals surface area contributed by atoms with E-state index < -0.39 is 22.6 Å². The molecule has 0 bridgehead atoms. The number of nitrogens with two attached hydrogens (primary N) is 2. The summed E-state index contributed by atoms with van der Waals surface area (Å²) in [5.74, 6) is -1.05. The van der Waals surface area contributed by atoms with Crippen molar-refractivity contribution in [1.82, 2.24) is 0 Å². The van der Waals surface area contributed by atoms with E-state index in [1.54, 1.807) is 24.3 Å². The molecule has 0 aliphatic heterocycles. The minimum absolute atomic E-state index is 0.389. The van der Waals surface area contributed by atoms with Crippen molar-refractivity contribution in [1.29, 1.82) is 0 Å². The van der Waals surface area contributed by atoms with Gasteiger partial charge in [0, 0.05) is 0 Å². The number of hydrogen-bond acceptors (Lipinski definition) is 2. The molecule has 2 aliphatic carbocycles. The van der Waals surface area contributed by atoms with Gasteiger partial charge in [-0.25, -0.2) is 0 Å². The van der Waals surface area contributed by atoms with E-state index in [1.807, 2.05) is 24.3 Å². The maximum absolute atomic E-state index is 12.0. The monoisotopic (exact) mass is 244 g/mol. The SMILES string of the molecule is NC(=O)[C@]1([C@]2(C(N)=O)C=CC=CC2)C=CC=CC1. The molecule has 4 N–H and O–H groups in total. The van der Waals surface area contributed by atoms with E-state index in [2.05, 4.69) is 0 Å². The predicted octanol–water partition coefficient (Wildman–Crippen LogP) is 0.962. The maximum atomic E-state index is 12.0. The van der Waals surface area contributed by atoms with Crippen molar-refractivity contribution in [2.75, 3.05) is 0 Å². The second-order valence-electron chi connectivity index (χ2n) is 4.65. The van der Waals surface area contributed by atoms with Gasteiger partial charge in [-0.05, 0) is 12.8 Å². The van der Waals surface area contributed by atoms with Crippen molar-refractivity contribution in [2.24, 2.45) is 22.3 Å². The summed E-state index contributed by atoms with van der Waals surface area (Å²) in [6.07, 6.45) is 15.0. The number of rotatable bonds is 3. The molecule has 2 aliphatic rings. The molecule has 0 saturated carbocycles. The molecule has 0 saturated heterocycles. The van der Waals surface area contributed by atoms with Crippen molar-refractivity contribution >= 4 is 11.8 Å². The number of carbonyl (C=O) groups excluding carboxylic acids is 2. The van der Waals surface area contributed by atoms with Crippen LogP contribution in [-0.4, -0.2) is 11.8 Å². The molecule has 0 heterocycles. The van der Waals surface area contributed by atoms with Gasteiger partial charge in [0.2, 0.25) is 11.8 Å². The van der Waals surface area contributed by atoms with E-state index in [0.29, 0.717) is 12.8 Å². The van der Waals surface area contributed by atoms with E-state index in [1.165, 1.54) is 0 Å². The first-order valence-electron chi connectivity index (χ1n) is 5.84. The van der Waals surface area contributed by atoms with Crippen LogP contribution in [0.4, 0.5) is 0 Å². The molecule has 0 unspecified atom stereocenters. The summed E-state index contributed by atoms with van der Waals surface area (Å²) in [5, 5.41) is 0. The van der Waals surface area contributed by atoms with E-state index in [-0.39, 0.29) is 0 Å². The first-order valence-corrected chi connectivity index (χ1v) is 5.84. The summed E-state index contributed by atoms with van der Waals surface area (Å²) in [6.45, 7) is 0. The lowest BCUT2D eigenvalue weighted by Crippen LogP contribution is -2.55. The molecule has 0 aromatic heterocycles. The predicted molar refractivity (Wildman–Crippen MR) is 69.0 cm³/mol. The first-order chi connectivity index (χ1) is 8.55. The van der Waals surface area contributed by atoms with Crippen LogP contribution in [0.1, 0.15) is 12.8 Å². The van der Waals surface area contributed by atoms with Crippen molar-refractivity contribution in [3.05, 3.63) is 48.6 Å². The summed E-state index contributed by atoms with van der Waals surface area (Å²) >= 11 is 0. The zero-order chi connectivity index (χ0) is 13.2. The fourth-order valence-corrected chi connectivity index (χ4v) is 2.71. The lowest BCUT2D eigenvalue weighted by atomic mass is 9.57. The number of allylic oxidation sites excluding steroid dienone is 6. The first kappa shape index (κ1) is 12.4. The number of hydrogen-bond donors (Lipinski definition) is 2. The maximum Gasteiger partial charge on any atom is 0.229 e. The van der Waals surface area contributed by atoms with Gasteiger partial charge in [-0.3, -0.25) is 9.59 Å². The summed E-state index contributed by atoms with van der Waals surface area (Å²) in [5.41, 5.74) is 8.98. The fourth-order valence-electron chi connectivity index (χ4n) is 2.71. The van der Waals surface area contributed by atoms with Crippen molar-refractivity contribution in [3.8, 4) is 0 Å². The standard InChI is InChI=1S/C14H16N2O2/c15-11(17)13(7-3-1-4-8-13)14(12(16)18)9-5-2-6-10-14/h1-7,9H,8,10H2,(H2,15,17)(H2,16,18)/t13-,14+. The molecular weight excluding hydrogens is 228 g/mol. The summed E-state index contributed by atoms with van der Waals surface area (Å²) < 4.78 is 0. The molecule has 4 nitrogen and oxygen atoms in total. The van der Waals surface area contributed by atoms with Gasteiger partial charge in [0.1, 0.15) is 0 Å².